The minimum absolute atomic E-state index is 0.0473. The Bertz CT molecular complexity index is 1010. The van der Waals surface area contributed by atoms with Crippen LogP contribution in [0.2, 0.25) is 5.02 Å². The van der Waals surface area contributed by atoms with Gasteiger partial charge in [0.05, 0.1) is 18.2 Å². The lowest BCUT2D eigenvalue weighted by Gasteiger charge is -2.26. The van der Waals surface area contributed by atoms with Crippen molar-refractivity contribution in [2.24, 2.45) is 0 Å². The Labute approximate surface area is 185 Å². The summed E-state index contributed by atoms with van der Waals surface area (Å²) in [5, 5.41) is 3.24. The normalized spacial score (nSPS) is 14.7. The first-order chi connectivity index (χ1) is 14.4. The van der Waals surface area contributed by atoms with Crippen LogP contribution in [0, 0.1) is 0 Å². The van der Waals surface area contributed by atoms with Crippen LogP contribution in [0.15, 0.2) is 53.4 Å². The molecule has 2 aromatic rings. The molecule has 0 spiro atoms. The fourth-order valence-electron chi connectivity index (χ4n) is 2.78. The van der Waals surface area contributed by atoms with Crippen molar-refractivity contribution in [2.75, 3.05) is 26.3 Å². The van der Waals surface area contributed by atoms with E-state index >= 15 is 0 Å². The zero-order valence-corrected chi connectivity index (χ0v) is 18.3. The molecule has 30 heavy (non-hydrogen) atoms. The Hall–Kier alpha value is -2.24. The molecule has 3 N–H and O–H groups in total. The molecule has 8 nitrogen and oxygen atoms in total. The number of carbonyl (C=O) groups excluding carboxylic acids is 1. The van der Waals surface area contributed by atoms with E-state index in [-0.39, 0.29) is 33.7 Å². The molecule has 0 aliphatic carbocycles. The van der Waals surface area contributed by atoms with E-state index in [9.17, 15) is 13.2 Å². The summed E-state index contributed by atoms with van der Waals surface area (Å²) in [5.74, 6) is -0.547. The van der Waals surface area contributed by atoms with E-state index in [2.05, 4.69) is 16.2 Å². The number of hydrogen-bond acceptors (Lipinski definition) is 5. The molecular weight excluding hydrogens is 448 g/mol. The van der Waals surface area contributed by atoms with Crippen LogP contribution in [0.25, 0.3) is 0 Å². The summed E-state index contributed by atoms with van der Waals surface area (Å²) in [6, 6.07) is 13.7. The van der Waals surface area contributed by atoms with Crippen molar-refractivity contribution in [3.63, 3.8) is 0 Å². The SMILES string of the molecule is O=C(NNC(=S)NCc1ccccc1)c1ccc(Cl)c(S(=O)(=O)N2CCOCC2)c1. The third-order valence-corrected chi connectivity index (χ3v) is 6.99. The van der Waals surface area contributed by atoms with E-state index in [0.29, 0.717) is 19.8 Å². The Morgan fingerprint density at radius 3 is 2.50 bits per heavy atom. The summed E-state index contributed by atoms with van der Waals surface area (Å²) in [5.41, 5.74) is 6.21. The first kappa shape index (κ1) is 22.4. The lowest BCUT2D eigenvalue weighted by atomic mass is 10.2. The number of carbonyl (C=O) groups is 1. The number of sulfonamides is 1. The number of benzene rings is 2. The maximum atomic E-state index is 12.9. The van der Waals surface area contributed by atoms with Crippen LogP contribution in [-0.4, -0.2) is 50.0 Å². The molecule has 0 radical (unpaired) electrons. The second-order valence-corrected chi connectivity index (χ2v) is 9.13. The molecule has 1 heterocycles. The average Bonchev–Trinajstić information content (AvgIpc) is 2.77. The first-order valence-electron chi connectivity index (χ1n) is 9.13. The largest absolute Gasteiger partial charge is 0.379 e. The molecule has 1 saturated heterocycles. The van der Waals surface area contributed by atoms with Gasteiger partial charge in [-0.25, -0.2) is 8.42 Å². The summed E-state index contributed by atoms with van der Waals surface area (Å²) in [7, 11) is -3.84. The predicted octanol–water partition coefficient (Wildman–Crippen LogP) is 1.67. The number of thiocarbonyl (C=S) groups is 1. The molecule has 11 heteroatoms. The monoisotopic (exact) mass is 468 g/mol. The Kier molecular flexibility index (Phi) is 7.62. The van der Waals surface area contributed by atoms with Crippen molar-refractivity contribution in [3.05, 3.63) is 64.7 Å². The first-order valence-corrected chi connectivity index (χ1v) is 11.4. The molecule has 0 aromatic heterocycles. The van der Waals surface area contributed by atoms with E-state index in [1.807, 2.05) is 30.3 Å². The highest BCUT2D eigenvalue weighted by molar-refractivity contribution is 7.89. The topological polar surface area (TPSA) is 99.8 Å². The summed E-state index contributed by atoms with van der Waals surface area (Å²) in [6.07, 6.45) is 0. The number of ether oxygens (including phenoxy) is 1. The van der Waals surface area contributed by atoms with Crippen molar-refractivity contribution in [1.29, 1.82) is 0 Å². The molecule has 1 aliphatic rings. The fraction of sp³-hybridized carbons (Fsp3) is 0.263. The molecule has 0 atom stereocenters. The summed E-state index contributed by atoms with van der Waals surface area (Å²) < 4.78 is 32.2. The van der Waals surface area contributed by atoms with Gasteiger partial charge in [0, 0.05) is 25.2 Å². The van der Waals surface area contributed by atoms with Crippen LogP contribution in [-0.2, 0) is 21.3 Å². The van der Waals surface area contributed by atoms with Gasteiger partial charge >= 0.3 is 0 Å². The Balaban J connectivity index is 1.62. The molecule has 1 aliphatic heterocycles. The van der Waals surface area contributed by atoms with Crippen molar-refractivity contribution >= 4 is 44.9 Å². The molecule has 0 bridgehead atoms. The highest BCUT2D eigenvalue weighted by atomic mass is 35.5. The highest BCUT2D eigenvalue weighted by Gasteiger charge is 2.29. The zero-order valence-electron chi connectivity index (χ0n) is 15.9. The molecule has 0 unspecified atom stereocenters. The van der Waals surface area contributed by atoms with E-state index in [4.69, 9.17) is 28.6 Å². The van der Waals surface area contributed by atoms with Gasteiger partial charge in [0.2, 0.25) is 10.0 Å². The van der Waals surface area contributed by atoms with Crippen LogP contribution in [0.3, 0.4) is 0 Å². The fourth-order valence-corrected chi connectivity index (χ4v) is 4.81. The quantitative estimate of drug-likeness (QED) is 0.453. The molecule has 0 saturated carbocycles. The van der Waals surface area contributed by atoms with Gasteiger partial charge in [-0.1, -0.05) is 41.9 Å². The molecule has 160 valence electrons. The summed E-state index contributed by atoms with van der Waals surface area (Å²) >= 11 is 11.3. The smallest absolute Gasteiger partial charge is 0.269 e. The second-order valence-electron chi connectivity index (χ2n) is 6.41. The number of hydrazine groups is 1. The van der Waals surface area contributed by atoms with Gasteiger partial charge in [-0.2, -0.15) is 4.31 Å². The van der Waals surface area contributed by atoms with Gasteiger partial charge < -0.3 is 10.1 Å². The maximum absolute atomic E-state index is 12.9. The molecule has 2 aromatic carbocycles. The zero-order chi connectivity index (χ0) is 21.6. The van der Waals surface area contributed by atoms with Gasteiger partial charge in [-0.3, -0.25) is 15.6 Å². The number of nitrogens with zero attached hydrogens (tertiary/aromatic N) is 1. The minimum Gasteiger partial charge on any atom is -0.379 e. The number of halogens is 1. The third-order valence-electron chi connectivity index (χ3n) is 4.37. The van der Waals surface area contributed by atoms with Crippen LogP contribution in [0.4, 0.5) is 0 Å². The van der Waals surface area contributed by atoms with Crippen molar-refractivity contribution in [1.82, 2.24) is 20.5 Å². The van der Waals surface area contributed by atoms with Crippen LogP contribution < -0.4 is 16.2 Å². The van der Waals surface area contributed by atoms with Crippen LogP contribution in [0.5, 0.6) is 0 Å². The third kappa shape index (κ3) is 5.67. The van der Waals surface area contributed by atoms with Crippen molar-refractivity contribution in [3.8, 4) is 0 Å². The van der Waals surface area contributed by atoms with Crippen LogP contribution >= 0.6 is 23.8 Å². The lowest BCUT2D eigenvalue weighted by molar-refractivity contribution is 0.0730. The molecule has 1 fully saturated rings. The molecular formula is C19H21ClN4O4S2. The number of rotatable bonds is 5. The van der Waals surface area contributed by atoms with Crippen LogP contribution in [0.1, 0.15) is 15.9 Å². The summed E-state index contributed by atoms with van der Waals surface area (Å²) in [4.78, 5) is 12.3. The van der Waals surface area contributed by atoms with E-state index in [1.165, 1.54) is 22.5 Å². The number of nitrogens with one attached hydrogen (secondary N) is 3. The predicted molar refractivity (Wildman–Crippen MR) is 118 cm³/mol. The van der Waals surface area contributed by atoms with Gasteiger partial charge in [0.1, 0.15) is 4.90 Å². The minimum atomic E-state index is -3.84. The van der Waals surface area contributed by atoms with Gasteiger partial charge in [0.15, 0.2) is 5.11 Å². The van der Waals surface area contributed by atoms with E-state index in [1.54, 1.807) is 0 Å². The number of hydrogen-bond donors (Lipinski definition) is 3. The summed E-state index contributed by atoms with van der Waals surface area (Å²) in [6.45, 7) is 1.59. The van der Waals surface area contributed by atoms with Gasteiger partial charge in [-0.05, 0) is 36.0 Å². The lowest BCUT2D eigenvalue weighted by Crippen LogP contribution is -2.46. The number of morpholine rings is 1. The Morgan fingerprint density at radius 1 is 1.10 bits per heavy atom. The average molecular weight is 469 g/mol. The van der Waals surface area contributed by atoms with E-state index in [0.717, 1.165) is 5.56 Å². The van der Waals surface area contributed by atoms with Gasteiger partial charge in [-0.15, -0.1) is 0 Å². The maximum Gasteiger partial charge on any atom is 0.269 e. The highest BCUT2D eigenvalue weighted by Crippen LogP contribution is 2.26. The van der Waals surface area contributed by atoms with Crippen molar-refractivity contribution < 1.29 is 17.9 Å². The number of amides is 1. The van der Waals surface area contributed by atoms with Gasteiger partial charge in [0.25, 0.3) is 5.91 Å². The standard InChI is InChI=1S/C19H21ClN4O4S2/c20-16-7-6-15(12-17(16)30(26,27)24-8-10-28-11-9-24)18(25)22-23-19(29)21-13-14-4-2-1-3-5-14/h1-7,12H,8-11,13H2,(H,22,25)(H2,21,23,29). The second kappa shape index (κ2) is 10.2. The van der Waals surface area contributed by atoms with E-state index < -0.39 is 15.9 Å². The molecule has 3 rings (SSSR count). The van der Waals surface area contributed by atoms with Crippen molar-refractivity contribution in [2.45, 2.75) is 11.4 Å². The molecule has 1 amide bonds. The Morgan fingerprint density at radius 2 is 1.80 bits per heavy atom.